The molecule has 0 aromatic heterocycles. The molecule has 0 bridgehead atoms. The van der Waals surface area contributed by atoms with Gasteiger partial charge in [0.1, 0.15) is 11.6 Å². The second kappa shape index (κ2) is 9.16. The molecule has 118 valence electrons. The Morgan fingerprint density at radius 2 is 1.73 bits per heavy atom. The van der Waals surface area contributed by atoms with Crippen LogP contribution in [-0.4, -0.2) is 5.71 Å². The molecule has 0 amide bonds. The average Bonchev–Trinajstić information content (AvgIpc) is 2.50. The maximum absolute atomic E-state index is 13.8. The highest BCUT2D eigenvalue weighted by molar-refractivity contribution is 14.2. The van der Waals surface area contributed by atoms with Gasteiger partial charge in [-0.1, -0.05) is 26.0 Å². The third kappa shape index (κ3) is 4.46. The van der Waals surface area contributed by atoms with Crippen LogP contribution in [0.5, 0.6) is 0 Å². The molecule has 0 radical (unpaired) electrons. The van der Waals surface area contributed by atoms with Gasteiger partial charge < -0.3 is 10.5 Å². The van der Waals surface area contributed by atoms with Crippen molar-refractivity contribution >= 4 is 39.8 Å². The van der Waals surface area contributed by atoms with E-state index in [-0.39, 0.29) is 5.56 Å². The van der Waals surface area contributed by atoms with Crippen molar-refractivity contribution in [1.29, 1.82) is 5.41 Å². The van der Waals surface area contributed by atoms with Gasteiger partial charge in [0, 0.05) is 23.3 Å². The lowest BCUT2D eigenvalue weighted by Gasteiger charge is -2.12. The molecule has 2 aromatic rings. The van der Waals surface area contributed by atoms with Gasteiger partial charge in [0.2, 0.25) is 0 Å². The van der Waals surface area contributed by atoms with Crippen molar-refractivity contribution < 1.29 is 8.78 Å². The number of halogens is 3. The summed E-state index contributed by atoms with van der Waals surface area (Å²) in [5.41, 5.74) is 2.17. The number of anilines is 1. The number of rotatable bonds is 4. The standard InChI is InChI=1S/C14H12F2IN2P.C2H6/c1-8(18)10-7-9(5-6-13(10)19-20-17)14-11(15)3-2-4-12(14)16;1-2/h2-7,18-20H,1H3;1-2H3. The van der Waals surface area contributed by atoms with E-state index in [0.29, 0.717) is 23.2 Å². The summed E-state index contributed by atoms with van der Waals surface area (Å²) in [5, 5.41) is 10.9. The second-order valence-electron chi connectivity index (χ2n) is 4.20. The Labute approximate surface area is 144 Å². The van der Waals surface area contributed by atoms with Crippen LogP contribution in [0, 0.1) is 17.0 Å². The predicted molar refractivity (Wildman–Crippen MR) is 102 cm³/mol. The molecule has 0 aliphatic heterocycles. The largest absolute Gasteiger partial charge is 0.358 e. The molecule has 2 aromatic carbocycles. The highest BCUT2D eigenvalue weighted by Crippen LogP contribution is 2.32. The molecular weight excluding hydrogens is 416 g/mol. The fraction of sp³-hybridized carbons (Fsp3) is 0.188. The van der Waals surface area contributed by atoms with E-state index in [4.69, 9.17) is 5.41 Å². The Hall–Kier alpha value is -1.07. The number of hydrogen-bond acceptors (Lipinski definition) is 2. The fourth-order valence-electron chi connectivity index (χ4n) is 1.94. The first-order valence-electron chi connectivity index (χ1n) is 6.80. The quantitative estimate of drug-likeness (QED) is 0.326. The van der Waals surface area contributed by atoms with E-state index in [1.165, 1.54) is 18.2 Å². The highest BCUT2D eigenvalue weighted by Gasteiger charge is 2.13. The highest BCUT2D eigenvalue weighted by atomic mass is 127. The minimum absolute atomic E-state index is 0.0570. The minimum atomic E-state index is -0.602. The molecule has 1 unspecified atom stereocenters. The molecule has 2 N–H and O–H groups in total. The van der Waals surface area contributed by atoms with Crippen molar-refractivity contribution in [2.45, 2.75) is 20.8 Å². The summed E-state index contributed by atoms with van der Waals surface area (Å²) in [5.74, 6) is -1.20. The van der Waals surface area contributed by atoms with Crippen molar-refractivity contribution in [3.05, 3.63) is 53.6 Å². The van der Waals surface area contributed by atoms with Crippen LogP contribution in [0.2, 0.25) is 0 Å². The Balaban J connectivity index is 0.00000116. The monoisotopic (exact) mass is 434 g/mol. The lowest BCUT2D eigenvalue weighted by Crippen LogP contribution is -1.99. The molecule has 0 heterocycles. The Morgan fingerprint density at radius 3 is 2.23 bits per heavy atom. The van der Waals surface area contributed by atoms with Gasteiger partial charge in [0.15, 0.2) is 0 Å². The summed E-state index contributed by atoms with van der Waals surface area (Å²) in [4.78, 5) is 0. The van der Waals surface area contributed by atoms with Crippen LogP contribution in [0.15, 0.2) is 36.4 Å². The van der Waals surface area contributed by atoms with Gasteiger partial charge >= 0.3 is 0 Å². The molecule has 22 heavy (non-hydrogen) atoms. The molecule has 6 heteroatoms. The SMILES string of the molecule is CC.CC(=N)c1cc(-c2c(F)cccc2F)ccc1NPI. The first-order valence-corrected chi connectivity index (χ1v) is 10.9. The normalized spacial score (nSPS) is 10.3. The van der Waals surface area contributed by atoms with Gasteiger partial charge in [-0.3, -0.25) is 0 Å². The molecule has 0 fully saturated rings. The summed E-state index contributed by atoms with van der Waals surface area (Å²) in [6, 6.07) is 8.85. The van der Waals surface area contributed by atoms with Crippen molar-refractivity contribution in [2.75, 3.05) is 5.09 Å². The van der Waals surface area contributed by atoms with E-state index < -0.39 is 11.6 Å². The molecule has 0 aliphatic rings. The zero-order valence-electron chi connectivity index (χ0n) is 12.6. The van der Waals surface area contributed by atoms with Crippen LogP contribution in [0.3, 0.4) is 0 Å². The van der Waals surface area contributed by atoms with Crippen molar-refractivity contribution in [2.24, 2.45) is 0 Å². The number of hydrogen-bond donors (Lipinski definition) is 2. The van der Waals surface area contributed by atoms with Gasteiger partial charge in [-0.05, 0) is 58.8 Å². The first kappa shape index (κ1) is 19.0. The minimum Gasteiger partial charge on any atom is -0.358 e. The summed E-state index contributed by atoms with van der Waals surface area (Å²) in [7, 11) is 0. The molecule has 0 spiro atoms. The van der Waals surface area contributed by atoms with Crippen molar-refractivity contribution in [1.82, 2.24) is 0 Å². The first-order chi connectivity index (χ1) is 10.5. The maximum atomic E-state index is 13.8. The Morgan fingerprint density at radius 1 is 1.14 bits per heavy atom. The molecule has 0 saturated carbocycles. The van der Waals surface area contributed by atoms with Gasteiger partial charge in [0.05, 0.1) is 5.56 Å². The van der Waals surface area contributed by atoms with E-state index in [1.807, 2.05) is 13.8 Å². The van der Waals surface area contributed by atoms with E-state index in [0.717, 1.165) is 5.69 Å². The zero-order chi connectivity index (χ0) is 16.7. The molecule has 2 nitrogen and oxygen atoms in total. The van der Waals surface area contributed by atoms with Crippen LogP contribution in [0.25, 0.3) is 11.1 Å². The zero-order valence-corrected chi connectivity index (χ0v) is 15.8. The predicted octanol–water partition coefficient (Wildman–Crippen LogP) is 6.40. The van der Waals surface area contributed by atoms with Crippen LogP contribution in [0.1, 0.15) is 26.3 Å². The Bertz CT molecular complexity index is 642. The third-order valence-corrected chi connectivity index (χ3v) is 4.03. The summed E-state index contributed by atoms with van der Waals surface area (Å²) in [6.45, 7) is 5.65. The lowest BCUT2D eigenvalue weighted by molar-refractivity contribution is 0.589. The summed E-state index contributed by atoms with van der Waals surface area (Å²) in [6.07, 6.45) is 0.458. The number of benzene rings is 2. The number of nitrogens with one attached hydrogen (secondary N) is 2. The van der Waals surface area contributed by atoms with E-state index in [2.05, 4.69) is 27.1 Å². The van der Waals surface area contributed by atoms with Gasteiger partial charge in [-0.15, -0.1) is 0 Å². The smallest absolute Gasteiger partial charge is 0.133 e. The summed E-state index contributed by atoms with van der Waals surface area (Å²) >= 11 is 2.19. The van der Waals surface area contributed by atoms with Gasteiger partial charge in [0.25, 0.3) is 0 Å². The average molecular weight is 434 g/mol. The van der Waals surface area contributed by atoms with E-state index >= 15 is 0 Å². The lowest BCUT2D eigenvalue weighted by atomic mass is 9.99. The van der Waals surface area contributed by atoms with Crippen LogP contribution in [-0.2, 0) is 0 Å². The van der Waals surface area contributed by atoms with Gasteiger partial charge in [-0.25, -0.2) is 8.78 Å². The second-order valence-corrected chi connectivity index (χ2v) is 6.26. The van der Waals surface area contributed by atoms with E-state index in [9.17, 15) is 8.78 Å². The molecule has 2 rings (SSSR count). The van der Waals surface area contributed by atoms with Gasteiger partial charge in [-0.2, -0.15) is 0 Å². The summed E-state index contributed by atoms with van der Waals surface area (Å²) < 4.78 is 27.6. The molecule has 0 aliphatic carbocycles. The molecule has 0 saturated heterocycles. The molecule has 1 atom stereocenters. The van der Waals surface area contributed by atoms with Crippen molar-refractivity contribution in [3.8, 4) is 11.1 Å². The molecular formula is C16H18F2IN2P. The third-order valence-electron chi connectivity index (χ3n) is 2.86. The topological polar surface area (TPSA) is 35.9 Å². The van der Waals surface area contributed by atoms with Crippen LogP contribution >= 0.6 is 28.4 Å². The maximum Gasteiger partial charge on any atom is 0.133 e. The Kier molecular flexibility index (Phi) is 7.90. The van der Waals surface area contributed by atoms with Crippen LogP contribution < -0.4 is 5.09 Å². The van der Waals surface area contributed by atoms with Crippen molar-refractivity contribution in [3.63, 3.8) is 0 Å². The fourth-order valence-corrected chi connectivity index (χ4v) is 3.13. The van der Waals surface area contributed by atoms with E-state index in [1.54, 1.807) is 25.1 Å². The van der Waals surface area contributed by atoms with Crippen LogP contribution in [0.4, 0.5) is 14.5 Å².